The van der Waals surface area contributed by atoms with Gasteiger partial charge in [0.05, 0.1) is 0 Å². The van der Waals surface area contributed by atoms with Crippen LogP contribution in [0.4, 0.5) is 0 Å². The Bertz CT molecular complexity index is 524. The molecule has 1 aromatic rings. The molecule has 1 aliphatic carbocycles. The van der Waals surface area contributed by atoms with Crippen LogP contribution in [0.3, 0.4) is 0 Å². The number of aryl methyl sites for hydroxylation is 1. The number of benzene rings is 1. The highest BCUT2D eigenvalue weighted by Crippen LogP contribution is 2.23. The van der Waals surface area contributed by atoms with E-state index in [9.17, 15) is 9.59 Å². The summed E-state index contributed by atoms with van der Waals surface area (Å²) in [5.74, 6) is 1.38. The SMILES string of the molecule is CC(=O)CCc1ccc(OCC(=O)N[C@@H]2CCCC[C@H]2C)cc1. The molecule has 23 heavy (non-hydrogen) atoms. The number of amides is 1. The Labute approximate surface area is 138 Å². The fourth-order valence-electron chi connectivity index (χ4n) is 3.00. The molecule has 2 atom stereocenters. The highest BCUT2D eigenvalue weighted by molar-refractivity contribution is 5.78. The van der Waals surface area contributed by atoms with E-state index in [1.54, 1.807) is 6.92 Å². The normalized spacial score (nSPS) is 20.8. The summed E-state index contributed by atoms with van der Waals surface area (Å²) in [6.45, 7) is 3.85. The lowest BCUT2D eigenvalue weighted by Gasteiger charge is -2.29. The topological polar surface area (TPSA) is 55.4 Å². The van der Waals surface area contributed by atoms with E-state index < -0.39 is 0 Å². The van der Waals surface area contributed by atoms with Gasteiger partial charge in [0.25, 0.3) is 5.91 Å². The summed E-state index contributed by atoms with van der Waals surface area (Å²) in [6, 6.07) is 7.88. The molecule has 0 aliphatic heterocycles. The molecule has 4 heteroatoms. The van der Waals surface area contributed by atoms with Crippen LogP contribution < -0.4 is 10.1 Å². The smallest absolute Gasteiger partial charge is 0.258 e. The summed E-state index contributed by atoms with van der Waals surface area (Å²) < 4.78 is 5.55. The summed E-state index contributed by atoms with van der Waals surface area (Å²) in [4.78, 5) is 23.0. The van der Waals surface area contributed by atoms with E-state index >= 15 is 0 Å². The number of hydrogen-bond acceptors (Lipinski definition) is 3. The van der Waals surface area contributed by atoms with Gasteiger partial charge in [0.2, 0.25) is 0 Å². The number of carbonyl (C=O) groups excluding carboxylic acids is 2. The van der Waals surface area contributed by atoms with Crippen molar-refractivity contribution in [1.82, 2.24) is 5.32 Å². The summed E-state index contributed by atoms with van der Waals surface area (Å²) in [5.41, 5.74) is 1.10. The summed E-state index contributed by atoms with van der Waals surface area (Å²) >= 11 is 0. The molecule has 0 heterocycles. The van der Waals surface area contributed by atoms with Crippen molar-refractivity contribution in [3.8, 4) is 5.75 Å². The van der Waals surface area contributed by atoms with Gasteiger partial charge in [-0.1, -0.05) is 31.9 Å². The largest absolute Gasteiger partial charge is 0.484 e. The molecule has 0 unspecified atom stereocenters. The minimum atomic E-state index is -0.0515. The first-order chi connectivity index (χ1) is 11.0. The molecule has 1 fully saturated rings. The lowest BCUT2D eigenvalue weighted by molar-refractivity contribution is -0.124. The van der Waals surface area contributed by atoms with Gasteiger partial charge < -0.3 is 14.8 Å². The molecule has 126 valence electrons. The molecule has 1 aliphatic rings. The Balaban J connectivity index is 1.74. The Morgan fingerprint density at radius 3 is 2.52 bits per heavy atom. The van der Waals surface area contributed by atoms with Crippen molar-refractivity contribution >= 4 is 11.7 Å². The maximum Gasteiger partial charge on any atom is 0.258 e. The maximum atomic E-state index is 12.0. The molecule has 1 saturated carbocycles. The number of ketones is 1. The predicted molar refractivity (Wildman–Crippen MR) is 90.5 cm³/mol. The van der Waals surface area contributed by atoms with Crippen molar-refractivity contribution in [2.75, 3.05) is 6.61 Å². The van der Waals surface area contributed by atoms with Crippen molar-refractivity contribution < 1.29 is 14.3 Å². The third kappa shape index (κ3) is 6.05. The minimum absolute atomic E-state index is 0.0515. The van der Waals surface area contributed by atoms with Crippen molar-refractivity contribution in [3.63, 3.8) is 0 Å². The average molecular weight is 317 g/mol. The van der Waals surface area contributed by atoms with E-state index in [2.05, 4.69) is 12.2 Å². The fourth-order valence-corrected chi connectivity index (χ4v) is 3.00. The number of ether oxygens (including phenoxy) is 1. The third-order valence-corrected chi connectivity index (χ3v) is 4.52. The van der Waals surface area contributed by atoms with Gasteiger partial charge in [-0.3, -0.25) is 4.79 Å². The zero-order valence-electron chi connectivity index (χ0n) is 14.1. The quantitative estimate of drug-likeness (QED) is 0.839. The van der Waals surface area contributed by atoms with Crippen LogP contribution in [0, 0.1) is 5.92 Å². The van der Waals surface area contributed by atoms with Crippen LogP contribution in [0.15, 0.2) is 24.3 Å². The lowest BCUT2D eigenvalue weighted by atomic mass is 9.86. The van der Waals surface area contributed by atoms with Gasteiger partial charge in [0.1, 0.15) is 11.5 Å². The average Bonchev–Trinajstić information content (AvgIpc) is 2.54. The number of nitrogens with one attached hydrogen (secondary N) is 1. The number of hydrogen-bond donors (Lipinski definition) is 1. The second-order valence-electron chi connectivity index (χ2n) is 6.57. The van der Waals surface area contributed by atoms with E-state index in [0.717, 1.165) is 18.4 Å². The van der Waals surface area contributed by atoms with E-state index in [1.165, 1.54) is 19.3 Å². The second kappa shape index (κ2) is 8.70. The van der Waals surface area contributed by atoms with Gasteiger partial charge in [0.15, 0.2) is 6.61 Å². The predicted octanol–water partition coefficient (Wildman–Crippen LogP) is 3.28. The molecular weight excluding hydrogens is 290 g/mol. The van der Waals surface area contributed by atoms with Crippen LogP contribution in [0.1, 0.15) is 51.5 Å². The molecule has 1 amide bonds. The van der Waals surface area contributed by atoms with E-state index in [1.807, 2.05) is 24.3 Å². The molecule has 0 saturated heterocycles. The second-order valence-corrected chi connectivity index (χ2v) is 6.57. The van der Waals surface area contributed by atoms with Crippen molar-refractivity contribution in [3.05, 3.63) is 29.8 Å². The lowest BCUT2D eigenvalue weighted by Crippen LogP contribution is -2.43. The highest BCUT2D eigenvalue weighted by Gasteiger charge is 2.22. The Morgan fingerprint density at radius 2 is 1.87 bits per heavy atom. The van der Waals surface area contributed by atoms with Gasteiger partial charge in [0, 0.05) is 12.5 Å². The zero-order chi connectivity index (χ0) is 16.7. The Kier molecular flexibility index (Phi) is 6.63. The molecule has 0 radical (unpaired) electrons. The fraction of sp³-hybridized carbons (Fsp3) is 0.579. The van der Waals surface area contributed by atoms with Crippen LogP contribution in [0.25, 0.3) is 0 Å². The summed E-state index contributed by atoms with van der Waals surface area (Å²) in [6.07, 6.45) is 6.01. The minimum Gasteiger partial charge on any atom is -0.484 e. The first-order valence-corrected chi connectivity index (χ1v) is 8.55. The highest BCUT2D eigenvalue weighted by atomic mass is 16.5. The van der Waals surface area contributed by atoms with E-state index in [4.69, 9.17) is 4.74 Å². The molecular formula is C19H27NO3. The molecule has 1 aromatic carbocycles. The van der Waals surface area contributed by atoms with Gasteiger partial charge >= 0.3 is 0 Å². The third-order valence-electron chi connectivity index (χ3n) is 4.52. The zero-order valence-corrected chi connectivity index (χ0v) is 14.1. The van der Waals surface area contributed by atoms with Crippen LogP contribution in [0.2, 0.25) is 0 Å². The van der Waals surface area contributed by atoms with E-state index in [0.29, 0.717) is 18.1 Å². The van der Waals surface area contributed by atoms with Crippen molar-refractivity contribution in [2.24, 2.45) is 5.92 Å². The van der Waals surface area contributed by atoms with Crippen LogP contribution in [-0.4, -0.2) is 24.3 Å². The van der Waals surface area contributed by atoms with Gasteiger partial charge in [-0.05, 0) is 49.8 Å². The van der Waals surface area contributed by atoms with Gasteiger partial charge in [-0.15, -0.1) is 0 Å². The van der Waals surface area contributed by atoms with Gasteiger partial charge in [-0.25, -0.2) is 0 Å². The number of carbonyl (C=O) groups is 2. The first kappa shape index (κ1) is 17.5. The summed E-state index contributed by atoms with van der Waals surface area (Å²) in [5, 5.41) is 3.08. The monoisotopic (exact) mass is 317 g/mol. The molecule has 0 spiro atoms. The molecule has 0 bridgehead atoms. The number of Topliss-reactive ketones (excluding diaryl/α,β-unsaturated/α-hetero) is 1. The molecule has 1 N–H and O–H groups in total. The van der Waals surface area contributed by atoms with E-state index in [-0.39, 0.29) is 24.3 Å². The van der Waals surface area contributed by atoms with Crippen LogP contribution >= 0.6 is 0 Å². The van der Waals surface area contributed by atoms with Gasteiger partial charge in [-0.2, -0.15) is 0 Å². The Morgan fingerprint density at radius 1 is 1.17 bits per heavy atom. The van der Waals surface area contributed by atoms with Crippen LogP contribution in [0.5, 0.6) is 5.75 Å². The number of rotatable bonds is 7. The molecule has 0 aromatic heterocycles. The molecule has 4 nitrogen and oxygen atoms in total. The van der Waals surface area contributed by atoms with Crippen LogP contribution in [-0.2, 0) is 16.0 Å². The Hall–Kier alpha value is -1.84. The van der Waals surface area contributed by atoms with Crippen molar-refractivity contribution in [2.45, 2.75) is 58.4 Å². The van der Waals surface area contributed by atoms with Crippen molar-refractivity contribution in [1.29, 1.82) is 0 Å². The maximum absolute atomic E-state index is 12.0. The first-order valence-electron chi connectivity index (χ1n) is 8.55. The summed E-state index contributed by atoms with van der Waals surface area (Å²) in [7, 11) is 0. The molecule has 2 rings (SSSR count). The standard InChI is InChI=1S/C19H27NO3/c1-14-5-3-4-6-18(14)20-19(22)13-23-17-11-9-16(10-12-17)8-7-15(2)21/h9-12,14,18H,3-8,13H2,1-2H3,(H,20,22)/t14-,18-/m1/s1.